The first-order chi connectivity index (χ1) is 17.9. The zero-order valence-electron chi connectivity index (χ0n) is 20.4. The van der Waals surface area contributed by atoms with Crippen LogP contribution in [0.1, 0.15) is 25.7 Å². The summed E-state index contributed by atoms with van der Waals surface area (Å²) in [5, 5.41) is 4.60. The number of hydrogen-bond acceptors (Lipinski definition) is 4. The van der Waals surface area contributed by atoms with Crippen molar-refractivity contribution >= 4 is 42.6 Å². The van der Waals surface area contributed by atoms with Gasteiger partial charge in [0.15, 0.2) is 0 Å². The molecule has 0 N–H and O–H groups in total. The van der Waals surface area contributed by atoms with Crippen molar-refractivity contribution < 1.29 is 28.9 Å². The molecule has 5 rings (SSSR count). The van der Waals surface area contributed by atoms with Crippen LogP contribution in [-0.2, 0) is 0 Å². The Morgan fingerprint density at radius 2 is 0.892 bits per heavy atom. The molecule has 1 aliphatic rings. The van der Waals surface area contributed by atoms with Gasteiger partial charge in [0.1, 0.15) is 0 Å². The quantitative estimate of drug-likeness (QED) is 0.232. The SMILES string of the molecule is [O-][Cl+3]([O-])([O-])[O-].c1ccc([Se]C(C2CCCC2)[P+](c2ccccc2)(c2ccccc2)c2ccccc2)cc1. The summed E-state index contributed by atoms with van der Waals surface area (Å²) in [6.45, 7) is 0. The first-order valence-corrected chi connectivity index (χ1v) is 17.2. The van der Waals surface area contributed by atoms with Crippen molar-refractivity contribution in [3.8, 4) is 0 Å². The fraction of sp³-hybridized carbons (Fsp3) is 0.200. The minimum atomic E-state index is -4.94. The zero-order chi connectivity index (χ0) is 26.1. The number of hydrogen-bond donors (Lipinski definition) is 0. The summed E-state index contributed by atoms with van der Waals surface area (Å²) in [6.07, 6.45) is 5.50. The van der Waals surface area contributed by atoms with E-state index in [4.69, 9.17) is 18.6 Å². The van der Waals surface area contributed by atoms with Crippen molar-refractivity contribution in [3.05, 3.63) is 121 Å². The monoisotopic (exact) mass is 600 g/mol. The van der Waals surface area contributed by atoms with E-state index in [1.807, 2.05) is 0 Å². The van der Waals surface area contributed by atoms with Gasteiger partial charge in [-0.1, -0.05) is 0 Å². The molecule has 192 valence electrons. The summed E-state index contributed by atoms with van der Waals surface area (Å²) in [7, 11) is -6.79. The van der Waals surface area contributed by atoms with Gasteiger partial charge >= 0.3 is 200 Å². The molecule has 1 atom stereocenters. The van der Waals surface area contributed by atoms with E-state index in [9.17, 15) is 0 Å². The van der Waals surface area contributed by atoms with E-state index >= 15 is 0 Å². The first kappa shape index (κ1) is 28.0. The molecule has 4 aromatic rings. The maximum atomic E-state index is 8.49. The van der Waals surface area contributed by atoms with Crippen LogP contribution in [0.3, 0.4) is 0 Å². The Morgan fingerprint density at radius 3 is 1.24 bits per heavy atom. The summed E-state index contributed by atoms with van der Waals surface area (Å²) < 4.78 is 36.2. The topological polar surface area (TPSA) is 92.2 Å². The van der Waals surface area contributed by atoms with Crippen LogP contribution in [0.4, 0.5) is 0 Å². The average Bonchev–Trinajstić information content (AvgIpc) is 3.45. The Bertz CT molecular complexity index is 1100. The fourth-order valence-corrected chi connectivity index (χ4v) is 16.2. The summed E-state index contributed by atoms with van der Waals surface area (Å²) in [5.74, 6) is 0.782. The molecule has 1 fully saturated rings. The second-order valence-electron chi connectivity index (χ2n) is 8.97. The van der Waals surface area contributed by atoms with Gasteiger partial charge in [-0.2, -0.15) is 0 Å². The van der Waals surface area contributed by atoms with Crippen molar-refractivity contribution in [1.82, 2.24) is 0 Å². The van der Waals surface area contributed by atoms with E-state index < -0.39 is 17.5 Å². The Labute approximate surface area is 228 Å². The third-order valence-electron chi connectivity index (χ3n) is 6.68. The third kappa shape index (κ3) is 7.29. The molecule has 1 aliphatic carbocycles. The maximum absolute atomic E-state index is 8.49. The summed E-state index contributed by atoms with van der Waals surface area (Å²) in [4.78, 5) is 0. The van der Waals surface area contributed by atoms with Crippen LogP contribution in [-0.4, -0.2) is 19.5 Å². The van der Waals surface area contributed by atoms with Crippen molar-refractivity contribution in [2.24, 2.45) is 5.92 Å². The molecule has 1 saturated carbocycles. The van der Waals surface area contributed by atoms with E-state index in [0.29, 0.717) is 19.5 Å². The third-order valence-corrected chi connectivity index (χ3v) is 16.2. The molecule has 1 unspecified atom stereocenters. The molecule has 0 spiro atoms. The number of halogens is 1. The van der Waals surface area contributed by atoms with Crippen molar-refractivity contribution in [1.29, 1.82) is 0 Å². The van der Waals surface area contributed by atoms with Crippen LogP contribution >= 0.6 is 7.26 Å². The molecule has 0 amide bonds. The van der Waals surface area contributed by atoms with Crippen LogP contribution in [0.25, 0.3) is 0 Å². The standard InChI is InChI=1S/C30H30PSe.ClHO4/c1-5-17-26(18-6-1)31(27-19-7-2-8-20-27,28-21-9-3-10-22-28)30(25-15-13-14-16-25)32-29-23-11-4-12-24-29;2-1(3,4)5/h1-12,17-25,30H,13-16H2;(H,2,3,4,5)/q+1;/p-1. The number of benzene rings is 4. The molecule has 4 nitrogen and oxygen atoms in total. The molecule has 4 aromatic carbocycles. The van der Waals surface area contributed by atoms with Crippen LogP contribution in [0, 0.1) is 16.2 Å². The van der Waals surface area contributed by atoms with Gasteiger partial charge in [0.05, 0.1) is 0 Å². The van der Waals surface area contributed by atoms with Crippen molar-refractivity contribution in [2.75, 3.05) is 0 Å². The van der Waals surface area contributed by atoms with E-state index in [-0.39, 0.29) is 0 Å². The van der Waals surface area contributed by atoms with E-state index in [1.54, 1.807) is 0 Å². The Hall–Kier alpha value is -2.04. The molecule has 0 saturated heterocycles. The molecule has 0 heterocycles. The van der Waals surface area contributed by atoms with Gasteiger partial charge in [-0.15, -0.1) is 10.2 Å². The van der Waals surface area contributed by atoms with E-state index in [0.717, 1.165) is 5.92 Å². The predicted molar refractivity (Wildman–Crippen MR) is 143 cm³/mol. The molecular formula is C30H30ClO4PSe. The van der Waals surface area contributed by atoms with Crippen LogP contribution in [0.2, 0.25) is 0 Å². The van der Waals surface area contributed by atoms with Crippen LogP contribution in [0.5, 0.6) is 0 Å². The molecular weight excluding hydrogens is 570 g/mol. The Morgan fingerprint density at radius 1 is 0.568 bits per heavy atom. The summed E-state index contributed by atoms with van der Waals surface area (Å²) in [5.41, 5.74) is 0. The number of rotatable bonds is 7. The Kier molecular flexibility index (Phi) is 9.95. The molecule has 0 aliphatic heterocycles. The second-order valence-corrected chi connectivity index (χ2v) is 16.6. The van der Waals surface area contributed by atoms with Crippen LogP contribution < -0.4 is 39.0 Å². The van der Waals surface area contributed by atoms with Gasteiger partial charge < -0.3 is 0 Å². The van der Waals surface area contributed by atoms with Gasteiger partial charge in [-0.25, -0.2) is 18.6 Å². The van der Waals surface area contributed by atoms with E-state index in [2.05, 4.69) is 121 Å². The van der Waals surface area contributed by atoms with Gasteiger partial charge in [0, 0.05) is 0 Å². The molecule has 0 aromatic heterocycles. The first-order valence-electron chi connectivity index (χ1n) is 12.3. The summed E-state index contributed by atoms with van der Waals surface area (Å²) in [6, 6.07) is 45.8. The van der Waals surface area contributed by atoms with Gasteiger partial charge in [0.25, 0.3) is 0 Å². The molecule has 0 bridgehead atoms. The van der Waals surface area contributed by atoms with Gasteiger partial charge in [-0.3, -0.25) is 0 Å². The average molecular weight is 600 g/mol. The van der Waals surface area contributed by atoms with Crippen molar-refractivity contribution in [3.63, 3.8) is 0 Å². The fourth-order valence-electron chi connectivity index (χ4n) is 5.25. The van der Waals surface area contributed by atoms with Crippen molar-refractivity contribution in [2.45, 2.75) is 30.2 Å². The molecule has 37 heavy (non-hydrogen) atoms. The summed E-state index contributed by atoms with van der Waals surface area (Å²) >= 11 is 0.394. The van der Waals surface area contributed by atoms with Crippen LogP contribution in [0.15, 0.2) is 121 Å². The normalized spacial score (nSPS) is 15.0. The zero-order valence-corrected chi connectivity index (χ0v) is 23.8. The van der Waals surface area contributed by atoms with Gasteiger partial charge in [-0.05, 0) is 0 Å². The predicted octanol–water partition coefficient (Wildman–Crippen LogP) is 0.771. The second kappa shape index (κ2) is 13.2. The Balaban J connectivity index is 0.000000586. The minimum absolute atomic E-state index is 0.394. The molecule has 0 radical (unpaired) electrons. The molecule has 7 heteroatoms. The van der Waals surface area contributed by atoms with E-state index in [1.165, 1.54) is 46.1 Å². The van der Waals surface area contributed by atoms with Gasteiger partial charge in [0.2, 0.25) is 0 Å².